The normalized spacial score (nSPS) is 12.7. The average molecular weight is 401 g/mol. The summed E-state index contributed by atoms with van der Waals surface area (Å²) in [6.07, 6.45) is 20.3. The molecule has 0 aromatic heterocycles. The van der Waals surface area contributed by atoms with E-state index in [1.54, 1.807) is 0 Å². The van der Waals surface area contributed by atoms with Gasteiger partial charge in [0.25, 0.3) is 0 Å². The lowest BCUT2D eigenvalue weighted by atomic mass is 10.0. The third-order valence-electron chi connectivity index (χ3n) is 5.12. The Morgan fingerprint density at radius 2 is 1.22 bits per heavy atom. The van der Waals surface area contributed by atoms with Crippen molar-refractivity contribution in [2.24, 2.45) is 0 Å². The second-order valence-electron chi connectivity index (χ2n) is 8.66. The van der Waals surface area contributed by atoms with Crippen molar-refractivity contribution >= 4 is 14.4 Å². The van der Waals surface area contributed by atoms with Crippen LogP contribution in [0.25, 0.3) is 0 Å². The highest BCUT2D eigenvalue weighted by atomic mass is 28.4. The molecule has 2 nitrogen and oxygen atoms in total. The van der Waals surface area contributed by atoms with E-state index in [1.807, 2.05) is 20.0 Å². The molecule has 0 radical (unpaired) electrons. The lowest BCUT2D eigenvalue weighted by molar-refractivity contribution is -0.142. The van der Waals surface area contributed by atoms with Crippen LogP contribution >= 0.6 is 0 Å². The van der Waals surface area contributed by atoms with Crippen molar-refractivity contribution in [2.75, 3.05) is 0 Å². The van der Waals surface area contributed by atoms with Crippen molar-refractivity contribution in [1.82, 2.24) is 0 Å². The molecule has 0 spiro atoms. The molecule has 0 aromatic carbocycles. The van der Waals surface area contributed by atoms with Gasteiger partial charge in [-0.3, -0.25) is 0 Å². The molecular weight excluding hydrogens is 355 g/mol. The predicted octanol–water partition coefficient (Wildman–Crippen LogP) is 8.13. The monoisotopic (exact) mass is 400 g/mol. The van der Waals surface area contributed by atoms with Gasteiger partial charge in [-0.1, -0.05) is 90.0 Å². The molecule has 1 unspecified atom stereocenters. The Morgan fingerprint density at radius 3 is 1.59 bits per heavy atom. The molecule has 0 heterocycles. The lowest BCUT2D eigenvalue weighted by Gasteiger charge is -2.11. The van der Waals surface area contributed by atoms with Crippen LogP contribution in [0.5, 0.6) is 0 Å². The summed E-state index contributed by atoms with van der Waals surface area (Å²) in [5.74, 6) is -0.315. The molecule has 27 heavy (non-hydrogen) atoms. The van der Waals surface area contributed by atoms with Gasteiger partial charge in [0.2, 0.25) is 8.41 Å². The maximum Gasteiger partial charge on any atom is 0.330 e. The Labute approximate surface area is 169 Å². The Morgan fingerprint density at radius 1 is 0.852 bits per heavy atom. The lowest BCUT2D eigenvalue weighted by Crippen LogP contribution is -2.16. The van der Waals surface area contributed by atoms with Crippen LogP contribution in [0, 0.1) is 0 Å². The first kappa shape index (κ1) is 26.4. The van der Waals surface area contributed by atoms with Crippen LogP contribution < -0.4 is 0 Å². The number of carbonyl (C=O) groups excluding carboxylic acids is 1. The predicted molar refractivity (Wildman–Crippen MR) is 118 cm³/mol. The minimum absolute atomic E-state index is 0.00731. The molecule has 0 rings (SSSR count). The molecule has 4 heteroatoms. The van der Waals surface area contributed by atoms with E-state index in [2.05, 4.69) is 6.58 Å². The third kappa shape index (κ3) is 21.5. The van der Waals surface area contributed by atoms with Gasteiger partial charge in [0, 0.05) is 6.08 Å². The highest BCUT2D eigenvalue weighted by Crippen LogP contribution is 2.18. The fourth-order valence-electron chi connectivity index (χ4n) is 3.40. The zero-order valence-electron chi connectivity index (χ0n) is 18.4. The summed E-state index contributed by atoms with van der Waals surface area (Å²) < 4.78 is 18.6. The number of halogens is 1. The topological polar surface area (TPSA) is 26.3 Å². The molecule has 0 N–H and O–H groups in total. The van der Waals surface area contributed by atoms with Crippen LogP contribution in [0.4, 0.5) is 4.11 Å². The van der Waals surface area contributed by atoms with Crippen molar-refractivity contribution in [2.45, 2.75) is 128 Å². The van der Waals surface area contributed by atoms with Gasteiger partial charge in [0.1, 0.15) is 0 Å². The molecule has 160 valence electrons. The van der Waals surface area contributed by atoms with Gasteiger partial charge in [0.05, 0.1) is 6.10 Å². The number of rotatable bonds is 19. The minimum atomic E-state index is -2.30. The SMILES string of the molecule is C=CC(=O)OC(C)CCCCCCCCCCCCCCCC[Si](C)(C)F. The van der Waals surface area contributed by atoms with E-state index in [9.17, 15) is 8.90 Å². The van der Waals surface area contributed by atoms with E-state index in [4.69, 9.17) is 4.74 Å². The smallest absolute Gasteiger partial charge is 0.330 e. The van der Waals surface area contributed by atoms with Gasteiger partial charge in [-0.05, 0) is 38.9 Å². The van der Waals surface area contributed by atoms with Gasteiger partial charge in [0.15, 0.2) is 0 Å². The van der Waals surface area contributed by atoms with Crippen LogP contribution in [0.2, 0.25) is 19.1 Å². The maximum atomic E-state index is 13.5. The first-order chi connectivity index (χ1) is 12.8. The number of hydrogen-bond acceptors (Lipinski definition) is 2. The summed E-state index contributed by atoms with van der Waals surface area (Å²) in [5, 5.41) is 0. The molecule has 0 aliphatic heterocycles. The molecule has 0 bridgehead atoms. The second kappa shape index (κ2) is 17.5. The van der Waals surface area contributed by atoms with E-state index in [0.29, 0.717) is 0 Å². The van der Waals surface area contributed by atoms with E-state index < -0.39 is 8.41 Å². The summed E-state index contributed by atoms with van der Waals surface area (Å²) >= 11 is 0. The van der Waals surface area contributed by atoms with Gasteiger partial charge >= 0.3 is 5.97 Å². The van der Waals surface area contributed by atoms with Crippen LogP contribution in [0.1, 0.15) is 103 Å². The molecule has 1 atom stereocenters. The van der Waals surface area contributed by atoms with E-state index in [1.165, 1.54) is 83.1 Å². The minimum Gasteiger partial charge on any atom is -0.460 e. The standard InChI is InChI=1S/C23H45FO2Si/c1-5-23(25)26-22(2)20-18-16-14-12-10-8-6-7-9-11-13-15-17-19-21-27(3,4)24/h5,22H,1,6-21H2,2-4H3. The second-order valence-corrected chi connectivity index (χ2v) is 12.6. The molecular formula is C23H45FO2Si. The fraction of sp³-hybridized carbons (Fsp3) is 0.870. The molecule has 0 aliphatic rings. The first-order valence-electron chi connectivity index (χ1n) is 11.4. The number of esters is 1. The van der Waals surface area contributed by atoms with Crippen molar-refractivity contribution in [3.8, 4) is 0 Å². The van der Waals surface area contributed by atoms with Crippen LogP contribution in [0.3, 0.4) is 0 Å². The number of unbranched alkanes of at least 4 members (excludes halogenated alkanes) is 13. The number of ether oxygens (including phenoxy) is 1. The molecule has 0 fully saturated rings. The summed E-state index contributed by atoms with van der Waals surface area (Å²) in [6.45, 7) is 9.00. The highest BCUT2D eigenvalue weighted by molar-refractivity contribution is 6.70. The van der Waals surface area contributed by atoms with Crippen molar-refractivity contribution in [3.63, 3.8) is 0 Å². The van der Waals surface area contributed by atoms with Crippen molar-refractivity contribution in [3.05, 3.63) is 12.7 Å². The van der Waals surface area contributed by atoms with Crippen LogP contribution in [0.15, 0.2) is 12.7 Å². The third-order valence-corrected chi connectivity index (χ3v) is 6.66. The zero-order chi connectivity index (χ0) is 20.4. The summed E-state index contributed by atoms with van der Waals surface area (Å²) in [6, 6.07) is 0.842. The fourth-order valence-corrected chi connectivity index (χ4v) is 4.49. The highest BCUT2D eigenvalue weighted by Gasteiger charge is 2.18. The van der Waals surface area contributed by atoms with Gasteiger partial charge in [-0.25, -0.2) is 4.79 Å². The van der Waals surface area contributed by atoms with E-state index in [-0.39, 0.29) is 12.1 Å². The molecule has 0 saturated carbocycles. The van der Waals surface area contributed by atoms with Gasteiger partial charge < -0.3 is 8.84 Å². The average Bonchev–Trinajstić information content (AvgIpc) is 2.60. The van der Waals surface area contributed by atoms with Gasteiger partial charge in [-0.15, -0.1) is 0 Å². The zero-order valence-corrected chi connectivity index (χ0v) is 19.4. The summed E-state index contributed by atoms with van der Waals surface area (Å²) in [5.41, 5.74) is 0. The maximum absolute atomic E-state index is 13.5. The Bertz CT molecular complexity index is 366. The molecule has 0 amide bonds. The van der Waals surface area contributed by atoms with Crippen LogP contribution in [-0.2, 0) is 9.53 Å². The Kier molecular flexibility index (Phi) is 17.0. The van der Waals surface area contributed by atoms with Crippen LogP contribution in [-0.4, -0.2) is 20.5 Å². The van der Waals surface area contributed by atoms with E-state index >= 15 is 0 Å². The molecule has 0 saturated heterocycles. The van der Waals surface area contributed by atoms with Crippen molar-refractivity contribution < 1.29 is 13.6 Å². The van der Waals surface area contributed by atoms with E-state index in [0.717, 1.165) is 25.3 Å². The quantitative estimate of drug-likeness (QED) is 0.0719. The van der Waals surface area contributed by atoms with Crippen molar-refractivity contribution in [1.29, 1.82) is 0 Å². The first-order valence-corrected chi connectivity index (χ1v) is 14.5. The summed E-state index contributed by atoms with van der Waals surface area (Å²) in [7, 11) is -2.30. The number of hydrogen-bond donors (Lipinski definition) is 0. The van der Waals surface area contributed by atoms with Gasteiger partial charge in [-0.2, -0.15) is 0 Å². The Hall–Kier alpha value is -0.643. The molecule has 0 aromatic rings. The Balaban J connectivity index is 3.17. The molecule has 0 aliphatic carbocycles. The largest absolute Gasteiger partial charge is 0.460 e. The number of carbonyl (C=O) groups is 1. The summed E-state index contributed by atoms with van der Waals surface area (Å²) in [4.78, 5) is 11.1.